The Morgan fingerprint density at radius 1 is 1.26 bits per heavy atom. The van der Waals surface area contributed by atoms with Gasteiger partial charge in [-0.25, -0.2) is 9.98 Å². The Hall–Kier alpha value is -1.88. The van der Waals surface area contributed by atoms with Crippen molar-refractivity contribution < 1.29 is 4.74 Å². The molecule has 19 heavy (non-hydrogen) atoms. The third-order valence-electron chi connectivity index (χ3n) is 2.33. The average molecular weight is 273 g/mol. The van der Waals surface area contributed by atoms with E-state index in [9.17, 15) is 0 Å². The number of nitrogens with zero attached hydrogens (tertiary/aromatic N) is 3. The van der Waals surface area contributed by atoms with E-state index in [1.165, 1.54) is 0 Å². The van der Waals surface area contributed by atoms with Crippen LogP contribution in [-0.4, -0.2) is 27.9 Å². The Kier molecular flexibility index (Phi) is 4.92. The standard InChI is InChI=1S/C14H15N3OS/c1-3-18-11-7-8-12(16-10-11)14(19-2)17-13-6-4-5-9-15-13/h4-10H,3H2,1-2H3. The third-order valence-corrected chi connectivity index (χ3v) is 3.01. The second kappa shape index (κ2) is 6.89. The molecule has 0 atom stereocenters. The van der Waals surface area contributed by atoms with Crippen LogP contribution >= 0.6 is 11.8 Å². The van der Waals surface area contributed by atoms with Gasteiger partial charge in [-0.05, 0) is 37.4 Å². The van der Waals surface area contributed by atoms with E-state index < -0.39 is 0 Å². The first-order valence-corrected chi connectivity index (χ1v) is 7.19. The first-order chi connectivity index (χ1) is 9.33. The van der Waals surface area contributed by atoms with Crippen molar-refractivity contribution in [3.8, 4) is 5.75 Å². The second-order valence-electron chi connectivity index (χ2n) is 3.62. The van der Waals surface area contributed by atoms with Crippen LogP contribution in [0.25, 0.3) is 0 Å². The lowest BCUT2D eigenvalue weighted by atomic mass is 10.3. The molecule has 0 saturated carbocycles. The molecule has 0 aliphatic heterocycles. The van der Waals surface area contributed by atoms with Crippen molar-refractivity contribution in [3.05, 3.63) is 48.4 Å². The molecular formula is C14H15N3OS. The summed E-state index contributed by atoms with van der Waals surface area (Å²) in [6.45, 7) is 2.59. The first kappa shape index (κ1) is 13.5. The fourth-order valence-electron chi connectivity index (χ4n) is 1.49. The molecule has 5 heteroatoms. The zero-order valence-corrected chi connectivity index (χ0v) is 11.7. The Morgan fingerprint density at radius 2 is 2.16 bits per heavy atom. The molecule has 0 unspecified atom stereocenters. The van der Waals surface area contributed by atoms with E-state index in [0.717, 1.165) is 16.5 Å². The van der Waals surface area contributed by atoms with Gasteiger partial charge < -0.3 is 4.74 Å². The average Bonchev–Trinajstić information content (AvgIpc) is 2.47. The predicted octanol–water partition coefficient (Wildman–Crippen LogP) is 3.32. The minimum absolute atomic E-state index is 0.637. The molecule has 0 amide bonds. The summed E-state index contributed by atoms with van der Waals surface area (Å²) in [5.74, 6) is 1.45. The zero-order chi connectivity index (χ0) is 13.5. The minimum atomic E-state index is 0.637. The van der Waals surface area contributed by atoms with Gasteiger partial charge in [0.2, 0.25) is 0 Å². The minimum Gasteiger partial charge on any atom is -0.492 e. The van der Waals surface area contributed by atoms with Gasteiger partial charge in [-0.3, -0.25) is 4.98 Å². The van der Waals surface area contributed by atoms with Gasteiger partial charge in [0.15, 0.2) is 5.82 Å². The summed E-state index contributed by atoms with van der Waals surface area (Å²) >= 11 is 1.54. The van der Waals surface area contributed by atoms with E-state index in [0.29, 0.717) is 12.4 Å². The lowest BCUT2D eigenvalue weighted by Crippen LogP contribution is -1.99. The summed E-state index contributed by atoms with van der Waals surface area (Å²) in [6.07, 6.45) is 5.41. The van der Waals surface area contributed by atoms with Gasteiger partial charge in [0, 0.05) is 6.20 Å². The molecule has 0 aliphatic rings. The van der Waals surface area contributed by atoms with Crippen molar-refractivity contribution in [3.63, 3.8) is 0 Å². The molecule has 2 aromatic heterocycles. The van der Waals surface area contributed by atoms with Crippen LogP contribution < -0.4 is 4.74 Å². The lowest BCUT2D eigenvalue weighted by molar-refractivity contribution is 0.339. The molecule has 98 valence electrons. The van der Waals surface area contributed by atoms with E-state index in [1.54, 1.807) is 24.2 Å². The summed E-state index contributed by atoms with van der Waals surface area (Å²) in [5, 5.41) is 0.835. The first-order valence-electron chi connectivity index (χ1n) is 5.96. The number of rotatable bonds is 4. The summed E-state index contributed by atoms with van der Waals surface area (Å²) in [5.41, 5.74) is 0.821. The van der Waals surface area contributed by atoms with Crippen molar-refractivity contribution in [2.75, 3.05) is 12.9 Å². The molecule has 0 bridgehead atoms. The summed E-state index contributed by atoms with van der Waals surface area (Å²) in [7, 11) is 0. The van der Waals surface area contributed by atoms with E-state index in [-0.39, 0.29) is 0 Å². The van der Waals surface area contributed by atoms with Gasteiger partial charge in [-0.15, -0.1) is 11.8 Å². The highest BCUT2D eigenvalue weighted by molar-refractivity contribution is 8.13. The van der Waals surface area contributed by atoms with E-state index in [4.69, 9.17) is 4.74 Å². The molecule has 4 nitrogen and oxygen atoms in total. The predicted molar refractivity (Wildman–Crippen MR) is 79.4 cm³/mol. The molecule has 0 radical (unpaired) electrons. The Morgan fingerprint density at radius 3 is 2.74 bits per heavy atom. The normalized spacial score (nSPS) is 11.4. The maximum absolute atomic E-state index is 5.37. The van der Waals surface area contributed by atoms with Crippen LogP contribution in [0.15, 0.2) is 47.7 Å². The van der Waals surface area contributed by atoms with E-state index in [2.05, 4.69) is 15.0 Å². The highest BCUT2D eigenvalue weighted by atomic mass is 32.2. The monoisotopic (exact) mass is 273 g/mol. The van der Waals surface area contributed by atoms with Crippen LogP contribution in [0.1, 0.15) is 12.6 Å². The van der Waals surface area contributed by atoms with E-state index in [1.807, 2.05) is 43.5 Å². The lowest BCUT2D eigenvalue weighted by Gasteiger charge is -2.05. The maximum Gasteiger partial charge on any atom is 0.153 e. The Balaban J connectivity index is 2.24. The molecule has 2 aromatic rings. The van der Waals surface area contributed by atoms with Crippen molar-refractivity contribution in [2.24, 2.45) is 4.99 Å². The summed E-state index contributed by atoms with van der Waals surface area (Å²) in [6, 6.07) is 9.45. The number of hydrogen-bond donors (Lipinski definition) is 0. The fraction of sp³-hybridized carbons (Fsp3) is 0.214. The van der Waals surface area contributed by atoms with Gasteiger partial charge in [0.05, 0.1) is 18.5 Å². The fourth-order valence-corrected chi connectivity index (χ4v) is 2.00. The van der Waals surface area contributed by atoms with Crippen molar-refractivity contribution in [2.45, 2.75) is 6.92 Å². The molecule has 0 saturated heterocycles. The van der Waals surface area contributed by atoms with Gasteiger partial charge in [-0.1, -0.05) is 6.07 Å². The highest BCUT2D eigenvalue weighted by Gasteiger charge is 2.05. The number of aromatic nitrogens is 2. The van der Waals surface area contributed by atoms with Crippen molar-refractivity contribution >= 4 is 22.6 Å². The number of hydrogen-bond acceptors (Lipinski definition) is 5. The quantitative estimate of drug-likeness (QED) is 0.633. The van der Waals surface area contributed by atoms with Gasteiger partial charge >= 0.3 is 0 Å². The largest absolute Gasteiger partial charge is 0.492 e. The molecule has 0 N–H and O–H groups in total. The van der Waals surface area contributed by atoms with Crippen molar-refractivity contribution in [1.29, 1.82) is 0 Å². The number of ether oxygens (including phenoxy) is 1. The smallest absolute Gasteiger partial charge is 0.153 e. The summed E-state index contributed by atoms with van der Waals surface area (Å²) in [4.78, 5) is 13.0. The van der Waals surface area contributed by atoms with Gasteiger partial charge in [0.1, 0.15) is 10.8 Å². The van der Waals surface area contributed by atoms with Crippen LogP contribution in [0.4, 0.5) is 5.82 Å². The topological polar surface area (TPSA) is 47.4 Å². The number of aliphatic imine (C=N–C) groups is 1. The molecule has 2 heterocycles. The third kappa shape index (κ3) is 3.79. The van der Waals surface area contributed by atoms with Crippen LogP contribution in [-0.2, 0) is 0 Å². The summed E-state index contributed by atoms with van der Waals surface area (Å²) < 4.78 is 5.37. The zero-order valence-electron chi connectivity index (χ0n) is 10.9. The van der Waals surface area contributed by atoms with Crippen LogP contribution in [0.2, 0.25) is 0 Å². The molecule has 0 spiro atoms. The molecule has 0 aromatic carbocycles. The molecular weight excluding hydrogens is 258 g/mol. The van der Waals surface area contributed by atoms with Gasteiger partial charge in [0.25, 0.3) is 0 Å². The van der Waals surface area contributed by atoms with Crippen molar-refractivity contribution in [1.82, 2.24) is 9.97 Å². The Labute approximate surface area is 117 Å². The molecule has 2 rings (SSSR count). The van der Waals surface area contributed by atoms with E-state index >= 15 is 0 Å². The van der Waals surface area contributed by atoms with Crippen LogP contribution in [0.5, 0.6) is 5.75 Å². The van der Waals surface area contributed by atoms with Gasteiger partial charge in [-0.2, -0.15) is 0 Å². The van der Waals surface area contributed by atoms with Crippen LogP contribution in [0.3, 0.4) is 0 Å². The Bertz CT molecular complexity index is 540. The highest BCUT2D eigenvalue weighted by Crippen LogP contribution is 2.17. The molecule has 0 fully saturated rings. The molecule has 0 aliphatic carbocycles. The number of thioether (sulfide) groups is 1. The maximum atomic E-state index is 5.37. The SMILES string of the molecule is CCOc1ccc(C(=Nc2ccccn2)SC)nc1. The number of pyridine rings is 2. The van der Waals surface area contributed by atoms with Crippen LogP contribution in [0, 0.1) is 0 Å². The second-order valence-corrected chi connectivity index (χ2v) is 4.42.